The molecule has 2 aliphatic heterocycles. The molecule has 100 valence electrons. The van der Waals surface area contributed by atoms with E-state index in [2.05, 4.69) is 11.4 Å². The van der Waals surface area contributed by atoms with Crippen molar-refractivity contribution in [3.63, 3.8) is 0 Å². The molecule has 0 aromatic heterocycles. The summed E-state index contributed by atoms with van der Waals surface area (Å²) in [5.74, 6) is -0.650. The quantitative estimate of drug-likeness (QED) is 0.705. The van der Waals surface area contributed by atoms with Crippen LogP contribution in [-0.2, 0) is 14.4 Å². The molecule has 2 heterocycles. The topological polar surface area (TPSA) is 66.5 Å². The Labute approximate surface area is 111 Å². The molecule has 5 heteroatoms. The van der Waals surface area contributed by atoms with Crippen molar-refractivity contribution >= 4 is 17.7 Å². The number of fused-ring (bicyclic) bond motifs is 1. The van der Waals surface area contributed by atoms with Gasteiger partial charge in [0, 0.05) is 18.5 Å². The van der Waals surface area contributed by atoms with Gasteiger partial charge in [-0.25, -0.2) is 0 Å². The van der Waals surface area contributed by atoms with Crippen LogP contribution in [0.2, 0.25) is 0 Å². The summed E-state index contributed by atoms with van der Waals surface area (Å²) in [6.07, 6.45) is 7.50. The van der Waals surface area contributed by atoms with Gasteiger partial charge in [-0.3, -0.25) is 19.7 Å². The lowest BCUT2D eigenvalue weighted by Crippen LogP contribution is -2.56. The summed E-state index contributed by atoms with van der Waals surface area (Å²) in [5.41, 5.74) is 1.86. The van der Waals surface area contributed by atoms with Crippen LogP contribution in [0.25, 0.3) is 0 Å². The molecule has 3 rings (SSSR count). The number of hydrogen-bond acceptors (Lipinski definition) is 3. The highest BCUT2D eigenvalue weighted by molar-refractivity contribution is 6.05. The second-order valence-corrected chi connectivity index (χ2v) is 5.14. The minimum atomic E-state index is -0.491. The molecule has 1 aliphatic carbocycles. The molecule has 2 fully saturated rings. The smallest absolute Gasteiger partial charge is 0.254 e. The first kappa shape index (κ1) is 12.1. The summed E-state index contributed by atoms with van der Waals surface area (Å²) >= 11 is 0. The van der Waals surface area contributed by atoms with E-state index >= 15 is 0 Å². The van der Waals surface area contributed by atoms with Crippen molar-refractivity contribution in [1.29, 1.82) is 0 Å². The molecule has 0 aromatic carbocycles. The van der Waals surface area contributed by atoms with Crippen molar-refractivity contribution in [1.82, 2.24) is 10.2 Å². The lowest BCUT2D eigenvalue weighted by Gasteiger charge is -2.37. The lowest BCUT2D eigenvalue weighted by molar-refractivity contribution is -0.144. The average molecular weight is 260 g/mol. The highest BCUT2D eigenvalue weighted by Gasteiger charge is 2.38. The highest BCUT2D eigenvalue weighted by Crippen LogP contribution is 2.30. The van der Waals surface area contributed by atoms with E-state index in [4.69, 9.17) is 0 Å². The number of carbonyl (C=O) groups excluding carboxylic acids is 3. The van der Waals surface area contributed by atoms with Crippen LogP contribution in [0.15, 0.2) is 23.3 Å². The summed E-state index contributed by atoms with van der Waals surface area (Å²) in [5, 5.41) is 2.31. The van der Waals surface area contributed by atoms with Gasteiger partial charge in [-0.05, 0) is 31.3 Å². The van der Waals surface area contributed by atoms with Gasteiger partial charge in [0.25, 0.3) is 5.91 Å². The number of hydrogen-bond donors (Lipinski definition) is 1. The second kappa shape index (κ2) is 4.64. The summed E-state index contributed by atoms with van der Waals surface area (Å²) in [4.78, 5) is 37.1. The van der Waals surface area contributed by atoms with Crippen LogP contribution in [0.4, 0.5) is 0 Å². The Morgan fingerprint density at radius 3 is 2.68 bits per heavy atom. The first-order valence-corrected chi connectivity index (χ1v) is 6.71. The van der Waals surface area contributed by atoms with Crippen molar-refractivity contribution in [2.45, 2.75) is 38.1 Å². The molecule has 0 aromatic rings. The minimum absolute atomic E-state index is 0.0632. The van der Waals surface area contributed by atoms with E-state index in [0.717, 1.165) is 30.4 Å². The monoisotopic (exact) mass is 260 g/mol. The number of amides is 3. The fourth-order valence-corrected chi connectivity index (χ4v) is 2.96. The lowest BCUT2D eigenvalue weighted by atomic mass is 9.89. The zero-order chi connectivity index (χ0) is 13.4. The molecule has 19 heavy (non-hydrogen) atoms. The maximum Gasteiger partial charge on any atom is 0.254 e. The van der Waals surface area contributed by atoms with Gasteiger partial charge in [-0.2, -0.15) is 0 Å². The van der Waals surface area contributed by atoms with Crippen LogP contribution in [0.1, 0.15) is 32.1 Å². The Hall–Kier alpha value is -1.91. The highest BCUT2D eigenvalue weighted by atomic mass is 16.2. The molecule has 1 unspecified atom stereocenters. The van der Waals surface area contributed by atoms with Gasteiger partial charge in [-0.1, -0.05) is 12.2 Å². The SMILES string of the molecule is O=C1CCC(N2CCC3=CCCC=C3C2=O)C(=O)N1. The number of likely N-dealkylation sites (tertiary alicyclic amines) is 1. The van der Waals surface area contributed by atoms with E-state index in [1.54, 1.807) is 4.90 Å². The van der Waals surface area contributed by atoms with Crippen LogP contribution >= 0.6 is 0 Å². The van der Waals surface area contributed by atoms with Crippen molar-refractivity contribution in [2.24, 2.45) is 0 Å². The molecular weight excluding hydrogens is 244 g/mol. The second-order valence-electron chi connectivity index (χ2n) is 5.14. The van der Waals surface area contributed by atoms with Gasteiger partial charge in [0.2, 0.25) is 11.8 Å². The Morgan fingerprint density at radius 2 is 1.89 bits per heavy atom. The fourth-order valence-electron chi connectivity index (χ4n) is 2.96. The maximum absolute atomic E-state index is 12.4. The maximum atomic E-state index is 12.4. The number of carbonyl (C=O) groups is 3. The van der Waals surface area contributed by atoms with E-state index in [9.17, 15) is 14.4 Å². The van der Waals surface area contributed by atoms with Gasteiger partial charge in [0.1, 0.15) is 6.04 Å². The molecular formula is C14H16N2O3. The summed E-state index contributed by atoms with van der Waals surface area (Å²) in [6.45, 7) is 0.564. The molecule has 0 bridgehead atoms. The minimum Gasteiger partial charge on any atom is -0.326 e. The fraction of sp³-hybridized carbons (Fsp3) is 0.500. The van der Waals surface area contributed by atoms with E-state index in [0.29, 0.717) is 19.4 Å². The number of imide groups is 1. The molecule has 3 aliphatic rings. The predicted octanol–water partition coefficient (Wildman–Crippen LogP) is 0.670. The van der Waals surface area contributed by atoms with Gasteiger partial charge in [-0.15, -0.1) is 0 Å². The van der Waals surface area contributed by atoms with E-state index in [1.165, 1.54) is 0 Å². The van der Waals surface area contributed by atoms with Crippen LogP contribution in [0.3, 0.4) is 0 Å². The Morgan fingerprint density at radius 1 is 1.11 bits per heavy atom. The van der Waals surface area contributed by atoms with Crippen LogP contribution in [0.5, 0.6) is 0 Å². The zero-order valence-electron chi connectivity index (χ0n) is 10.6. The third kappa shape index (κ3) is 2.09. The van der Waals surface area contributed by atoms with Gasteiger partial charge < -0.3 is 4.90 Å². The standard InChI is InChI=1S/C14H16N2O3/c17-12-6-5-11(13(18)15-12)16-8-7-9-3-1-2-4-10(9)14(16)19/h3-4,11H,1-2,5-8H2,(H,15,17,18). The Bertz CT molecular complexity index is 519. The number of rotatable bonds is 1. The van der Waals surface area contributed by atoms with Crippen molar-refractivity contribution in [3.05, 3.63) is 23.3 Å². The number of nitrogens with zero attached hydrogens (tertiary/aromatic N) is 1. The number of piperidine rings is 2. The average Bonchev–Trinajstić information content (AvgIpc) is 2.41. The summed E-state index contributed by atoms with van der Waals surface area (Å²) < 4.78 is 0. The van der Waals surface area contributed by atoms with Crippen LogP contribution in [0, 0.1) is 0 Å². The van der Waals surface area contributed by atoms with Gasteiger partial charge in [0.15, 0.2) is 0 Å². The van der Waals surface area contributed by atoms with Crippen LogP contribution in [-0.4, -0.2) is 35.2 Å². The molecule has 0 radical (unpaired) electrons. The number of allylic oxidation sites excluding steroid dienone is 2. The normalized spacial score (nSPS) is 27.5. The Balaban J connectivity index is 1.81. The van der Waals surface area contributed by atoms with Gasteiger partial charge in [0.05, 0.1) is 0 Å². The van der Waals surface area contributed by atoms with E-state index in [-0.39, 0.29) is 17.7 Å². The van der Waals surface area contributed by atoms with E-state index in [1.807, 2.05) is 6.08 Å². The van der Waals surface area contributed by atoms with Crippen LogP contribution < -0.4 is 5.32 Å². The summed E-state index contributed by atoms with van der Waals surface area (Å²) in [6, 6.07) is -0.491. The molecule has 1 N–H and O–H groups in total. The largest absolute Gasteiger partial charge is 0.326 e. The van der Waals surface area contributed by atoms with Crippen molar-refractivity contribution < 1.29 is 14.4 Å². The van der Waals surface area contributed by atoms with Crippen molar-refractivity contribution in [3.8, 4) is 0 Å². The molecule has 3 amide bonds. The van der Waals surface area contributed by atoms with E-state index < -0.39 is 6.04 Å². The Kier molecular flexibility index (Phi) is 2.97. The molecule has 1 atom stereocenters. The molecule has 0 saturated carbocycles. The zero-order valence-corrected chi connectivity index (χ0v) is 10.6. The summed E-state index contributed by atoms with van der Waals surface area (Å²) in [7, 11) is 0. The third-order valence-electron chi connectivity index (χ3n) is 3.95. The first-order chi connectivity index (χ1) is 9.16. The van der Waals surface area contributed by atoms with Gasteiger partial charge >= 0.3 is 0 Å². The first-order valence-electron chi connectivity index (χ1n) is 6.71. The van der Waals surface area contributed by atoms with Crippen molar-refractivity contribution in [2.75, 3.05) is 6.54 Å². The molecule has 0 spiro atoms. The molecule has 2 saturated heterocycles. The molecule has 5 nitrogen and oxygen atoms in total. The number of nitrogens with one attached hydrogen (secondary N) is 1. The third-order valence-corrected chi connectivity index (χ3v) is 3.95. The predicted molar refractivity (Wildman–Crippen MR) is 67.9 cm³/mol.